The van der Waals surface area contributed by atoms with Gasteiger partial charge in [0, 0.05) is 0 Å². The van der Waals surface area contributed by atoms with Crippen molar-refractivity contribution in [1.29, 1.82) is 0 Å². The fourth-order valence-electron chi connectivity index (χ4n) is 3.87. The van der Waals surface area contributed by atoms with Crippen LogP contribution in [0.5, 0.6) is 0 Å². The average molecular weight is 333 g/mol. The van der Waals surface area contributed by atoms with Gasteiger partial charge in [-0.05, 0) is 56.8 Å². The molecule has 0 radical (unpaired) electrons. The summed E-state index contributed by atoms with van der Waals surface area (Å²) in [6.45, 7) is 18.8. The Labute approximate surface area is 153 Å². The molecule has 0 aliphatic heterocycles. The monoisotopic (exact) mass is 332 g/mol. The minimum absolute atomic E-state index is 0.239. The fraction of sp³-hybridized carbons (Fsp3) is 0.750. The summed E-state index contributed by atoms with van der Waals surface area (Å²) in [5.41, 5.74) is 5.14. The van der Waals surface area contributed by atoms with E-state index in [0.717, 1.165) is 19.3 Å². The van der Waals surface area contributed by atoms with E-state index in [2.05, 4.69) is 73.6 Å². The Bertz CT molecular complexity index is 417. The minimum atomic E-state index is 0.239. The summed E-state index contributed by atoms with van der Waals surface area (Å²) in [4.78, 5) is 0. The first-order valence-electron chi connectivity index (χ1n) is 10.4. The second kappa shape index (κ2) is 12.6. The third-order valence-electron chi connectivity index (χ3n) is 5.36. The Hall–Kier alpha value is -0.780. The molecule has 0 aromatic carbocycles. The van der Waals surface area contributed by atoms with Gasteiger partial charge in [0.05, 0.1) is 0 Å². The van der Waals surface area contributed by atoms with Gasteiger partial charge < -0.3 is 0 Å². The zero-order valence-corrected chi connectivity index (χ0v) is 18.0. The zero-order valence-electron chi connectivity index (χ0n) is 18.0. The van der Waals surface area contributed by atoms with E-state index < -0.39 is 0 Å². The molecule has 140 valence electrons. The van der Waals surface area contributed by atoms with Gasteiger partial charge in [0.15, 0.2) is 0 Å². The molecule has 0 spiro atoms. The molecule has 0 aromatic rings. The molecule has 0 heteroatoms. The van der Waals surface area contributed by atoms with Crippen LogP contribution >= 0.6 is 0 Å². The molecule has 0 N–H and O–H groups in total. The van der Waals surface area contributed by atoms with Gasteiger partial charge in [0.2, 0.25) is 0 Å². The molecule has 0 saturated carbocycles. The normalized spacial score (nSPS) is 15.8. The maximum atomic E-state index is 2.54. The smallest absolute Gasteiger partial charge is 0.00135 e. The van der Waals surface area contributed by atoms with Crippen molar-refractivity contribution in [3.8, 4) is 0 Å². The molecule has 0 aromatic heterocycles. The third-order valence-corrected chi connectivity index (χ3v) is 5.36. The summed E-state index contributed by atoms with van der Waals surface area (Å²) in [5, 5.41) is 0. The highest BCUT2D eigenvalue weighted by Gasteiger charge is 2.29. The minimum Gasteiger partial charge on any atom is -0.0888 e. The molecule has 1 atom stereocenters. The highest BCUT2D eigenvalue weighted by Crippen LogP contribution is 2.42. The van der Waals surface area contributed by atoms with Crippen molar-refractivity contribution in [1.82, 2.24) is 0 Å². The third kappa shape index (κ3) is 7.86. The highest BCUT2D eigenvalue weighted by atomic mass is 14.3. The summed E-state index contributed by atoms with van der Waals surface area (Å²) >= 11 is 0. The maximum Gasteiger partial charge on any atom is -0.00135 e. The first-order chi connectivity index (χ1) is 11.4. The Balaban J connectivity index is 5.47. The zero-order chi connectivity index (χ0) is 18.6. The topological polar surface area (TPSA) is 0 Å². The molecule has 24 heavy (non-hydrogen) atoms. The molecule has 0 fully saturated rings. The van der Waals surface area contributed by atoms with E-state index in [9.17, 15) is 0 Å². The molecule has 0 heterocycles. The summed E-state index contributed by atoms with van der Waals surface area (Å²) in [6, 6.07) is 0. The van der Waals surface area contributed by atoms with Crippen LogP contribution in [0, 0.1) is 11.3 Å². The quantitative estimate of drug-likeness (QED) is 0.248. The number of allylic oxidation sites excluding steroid dienone is 6. The van der Waals surface area contributed by atoms with Gasteiger partial charge >= 0.3 is 0 Å². The van der Waals surface area contributed by atoms with Gasteiger partial charge in [-0.1, -0.05) is 96.3 Å². The average Bonchev–Trinajstić information content (AvgIpc) is 2.54. The van der Waals surface area contributed by atoms with E-state index in [1.807, 2.05) is 0 Å². The van der Waals surface area contributed by atoms with Crippen LogP contribution in [0.15, 0.2) is 34.9 Å². The molecule has 0 nitrogen and oxygen atoms in total. The van der Waals surface area contributed by atoms with E-state index in [4.69, 9.17) is 0 Å². The number of hydrogen-bond donors (Lipinski definition) is 0. The van der Waals surface area contributed by atoms with Crippen molar-refractivity contribution in [3.05, 3.63) is 34.9 Å². The van der Waals surface area contributed by atoms with Crippen LogP contribution in [-0.2, 0) is 0 Å². The van der Waals surface area contributed by atoms with Crippen molar-refractivity contribution in [2.75, 3.05) is 0 Å². The predicted octanol–water partition coefficient (Wildman–Crippen LogP) is 8.65. The van der Waals surface area contributed by atoms with Crippen LogP contribution in [0.25, 0.3) is 0 Å². The summed E-state index contributed by atoms with van der Waals surface area (Å²) in [5.74, 6) is 0.571. The van der Waals surface area contributed by atoms with Crippen LogP contribution in [-0.4, -0.2) is 0 Å². The van der Waals surface area contributed by atoms with Crippen LogP contribution < -0.4 is 0 Å². The molecular formula is C24H44. The first-order valence-corrected chi connectivity index (χ1v) is 10.4. The van der Waals surface area contributed by atoms with Crippen LogP contribution in [0.1, 0.15) is 107 Å². The van der Waals surface area contributed by atoms with Crippen molar-refractivity contribution in [2.24, 2.45) is 11.3 Å². The lowest BCUT2D eigenvalue weighted by atomic mass is 9.70. The van der Waals surface area contributed by atoms with Crippen molar-refractivity contribution >= 4 is 0 Å². The van der Waals surface area contributed by atoms with Crippen molar-refractivity contribution in [2.45, 2.75) is 107 Å². The molecule has 0 aliphatic carbocycles. The standard InChI is InChI=1S/C24H44/c1-9-13-15-16-18-22(12-4)21(6)23(20(5)11-3)24(7,8)19-17-14-10-2/h14,17-18,21H,9-13,15-16,19H2,1-8H3. The summed E-state index contributed by atoms with van der Waals surface area (Å²) in [7, 11) is 0. The number of hydrogen-bond acceptors (Lipinski definition) is 0. The molecule has 1 unspecified atom stereocenters. The van der Waals surface area contributed by atoms with Crippen LogP contribution in [0.3, 0.4) is 0 Å². The second-order valence-electron chi connectivity index (χ2n) is 7.87. The molecular weight excluding hydrogens is 288 g/mol. The van der Waals surface area contributed by atoms with Gasteiger partial charge in [0.25, 0.3) is 0 Å². The van der Waals surface area contributed by atoms with Gasteiger partial charge in [-0.15, -0.1) is 0 Å². The Morgan fingerprint density at radius 1 is 0.958 bits per heavy atom. The molecule has 0 saturated heterocycles. The summed E-state index contributed by atoms with van der Waals surface area (Å²) < 4.78 is 0. The van der Waals surface area contributed by atoms with E-state index in [-0.39, 0.29) is 5.41 Å². The Kier molecular flexibility index (Phi) is 12.2. The highest BCUT2D eigenvalue weighted by molar-refractivity contribution is 5.30. The van der Waals surface area contributed by atoms with E-state index in [1.165, 1.54) is 32.1 Å². The van der Waals surface area contributed by atoms with E-state index >= 15 is 0 Å². The maximum absolute atomic E-state index is 2.54. The van der Waals surface area contributed by atoms with E-state index in [1.54, 1.807) is 16.7 Å². The molecule has 0 bridgehead atoms. The lowest BCUT2D eigenvalue weighted by Gasteiger charge is -2.35. The molecule has 0 rings (SSSR count). The number of rotatable bonds is 12. The Morgan fingerprint density at radius 3 is 2.12 bits per heavy atom. The van der Waals surface area contributed by atoms with Crippen LogP contribution in [0.4, 0.5) is 0 Å². The first kappa shape index (κ1) is 23.2. The lowest BCUT2D eigenvalue weighted by molar-refractivity contribution is 0.404. The van der Waals surface area contributed by atoms with Gasteiger partial charge in [-0.2, -0.15) is 0 Å². The molecule has 0 aliphatic rings. The SMILES string of the molecule is CCC=CCC(C)(C)C(=C(C)CC)C(C)C(=CCCCCC)CC. The van der Waals surface area contributed by atoms with Crippen molar-refractivity contribution in [3.63, 3.8) is 0 Å². The lowest BCUT2D eigenvalue weighted by Crippen LogP contribution is -2.22. The number of unbranched alkanes of at least 4 members (excludes halogenated alkanes) is 3. The fourth-order valence-corrected chi connectivity index (χ4v) is 3.87. The molecule has 0 amide bonds. The van der Waals surface area contributed by atoms with Gasteiger partial charge in [-0.25, -0.2) is 0 Å². The summed E-state index contributed by atoms with van der Waals surface area (Å²) in [6.07, 6.45) is 17.1. The van der Waals surface area contributed by atoms with Gasteiger partial charge in [-0.3, -0.25) is 0 Å². The van der Waals surface area contributed by atoms with Gasteiger partial charge in [0.1, 0.15) is 0 Å². The largest absolute Gasteiger partial charge is 0.0888 e. The van der Waals surface area contributed by atoms with Crippen LogP contribution in [0.2, 0.25) is 0 Å². The second-order valence-corrected chi connectivity index (χ2v) is 7.87. The predicted molar refractivity (Wildman–Crippen MR) is 113 cm³/mol. The van der Waals surface area contributed by atoms with E-state index in [0.29, 0.717) is 5.92 Å². The van der Waals surface area contributed by atoms with Crippen molar-refractivity contribution < 1.29 is 0 Å². The Morgan fingerprint density at radius 2 is 1.62 bits per heavy atom.